The molecule has 3 aromatic rings. The third-order valence-electron chi connectivity index (χ3n) is 4.05. The first-order chi connectivity index (χ1) is 12.7. The third kappa shape index (κ3) is 3.54. The Balaban J connectivity index is 2.16. The van der Waals surface area contributed by atoms with Crippen LogP contribution >= 0.6 is 0 Å². The molecule has 2 heterocycles. The first kappa shape index (κ1) is 19.3. The van der Waals surface area contributed by atoms with Gasteiger partial charge in [-0.1, -0.05) is 25.1 Å². The van der Waals surface area contributed by atoms with Gasteiger partial charge >= 0.3 is 6.18 Å². The molecular formula is C17H15F4N3O2S. The van der Waals surface area contributed by atoms with Crippen molar-refractivity contribution in [1.82, 2.24) is 13.7 Å². The van der Waals surface area contributed by atoms with E-state index in [9.17, 15) is 26.0 Å². The Morgan fingerprint density at radius 1 is 1.15 bits per heavy atom. The molecule has 0 saturated heterocycles. The van der Waals surface area contributed by atoms with Crippen LogP contribution in [0.2, 0.25) is 0 Å². The lowest BCUT2D eigenvalue weighted by molar-refractivity contribution is -0.173. The highest BCUT2D eigenvalue weighted by molar-refractivity contribution is 7.89. The predicted molar refractivity (Wildman–Crippen MR) is 90.0 cm³/mol. The van der Waals surface area contributed by atoms with Crippen molar-refractivity contribution in [3.05, 3.63) is 66.2 Å². The molecule has 27 heavy (non-hydrogen) atoms. The molecule has 0 aliphatic heterocycles. The number of benzene rings is 1. The minimum atomic E-state index is -4.90. The van der Waals surface area contributed by atoms with Crippen LogP contribution in [0.25, 0.3) is 5.65 Å². The summed E-state index contributed by atoms with van der Waals surface area (Å²) in [5, 5.41) is -0.378. The smallest absolute Gasteiger partial charge is 0.289 e. The Morgan fingerprint density at radius 2 is 1.81 bits per heavy atom. The molecule has 0 amide bonds. The highest BCUT2D eigenvalue weighted by Gasteiger charge is 2.49. The van der Waals surface area contributed by atoms with E-state index in [1.165, 1.54) is 23.6 Å². The molecule has 2 aromatic heterocycles. The van der Waals surface area contributed by atoms with Crippen molar-refractivity contribution >= 4 is 15.7 Å². The van der Waals surface area contributed by atoms with E-state index in [2.05, 4.69) is 4.98 Å². The van der Waals surface area contributed by atoms with Gasteiger partial charge in [-0.2, -0.15) is 17.5 Å². The van der Waals surface area contributed by atoms with Crippen LogP contribution in [0.1, 0.15) is 18.5 Å². The van der Waals surface area contributed by atoms with Crippen LogP contribution < -0.4 is 0 Å². The van der Waals surface area contributed by atoms with Crippen LogP contribution in [0.15, 0.2) is 59.9 Å². The van der Waals surface area contributed by atoms with Gasteiger partial charge in [-0.05, 0) is 29.8 Å². The molecule has 1 aromatic carbocycles. The summed E-state index contributed by atoms with van der Waals surface area (Å²) in [6.45, 7) is 0.868. The fourth-order valence-electron chi connectivity index (χ4n) is 2.88. The molecule has 0 aliphatic carbocycles. The number of pyridine rings is 1. The Bertz CT molecular complexity index is 1050. The van der Waals surface area contributed by atoms with E-state index in [-0.39, 0.29) is 16.2 Å². The topological polar surface area (TPSA) is 54.7 Å². The molecule has 1 unspecified atom stereocenters. The molecule has 144 valence electrons. The first-order valence-corrected chi connectivity index (χ1v) is 9.36. The third-order valence-corrected chi connectivity index (χ3v) is 5.97. The zero-order valence-electron chi connectivity index (χ0n) is 14.1. The van der Waals surface area contributed by atoms with Gasteiger partial charge in [-0.15, -0.1) is 0 Å². The molecule has 10 heteroatoms. The number of sulfonamides is 1. The highest BCUT2D eigenvalue weighted by atomic mass is 32.2. The van der Waals surface area contributed by atoms with Gasteiger partial charge in [0.05, 0.1) is 6.20 Å². The quantitative estimate of drug-likeness (QED) is 0.612. The largest absolute Gasteiger partial charge is 0.409 e. The first-order valence-electron chi connectivity index (χ1n) is 7.92. The van der Waals surface area contributed by atoms with Crippen molar-refractivity contribution in [3.8, 4) is 0 Å². The van der Waals surface area contributed by atoms with Gasteiger partial charge in [-0.3, -0.25) is 4.40 Å². The Kier molecular flexibility index (Phi) is 4.96. The summed E-state index contributed by atoms with van der Waals surface area (Å²) in [6, 6.07) is 5.85. The number of fused-ring (bicyclic) bond motifs is 1. The molecular weight excluding hydrogens is 386 g/mol. The van der Waals surface area contributed by atoms with Gasteiger partial charge < -0.3 is 0 Å². The maximum absolute atomic E-state index is 13.8. The van der Waals surface area contributed by atoms with Crippen LogP contribution in [0.4, 0.5) is 17.6 Å². The van der Waals surface area contributed by atoms with Gasteiger partial charge in [0.25, 0.3) is 10.0 Å². The lowest BCUT2D eigenvalue weighted by Crippen LogP contribution is -2.42. The van der Waals surface area contributed by atoms with E-state index in [1.54, 1.807) is 12.1 Å². The van der Waals surface area contributed by atoms with E-state index in [0.29, 0.717) is 4.31 Å². The fourth-order valence-corrected chi connectivity index (χ4v) is 4.56. The lowest BCUT2D eigenvalue weighted by Gasteiger charge is -2.31. The van der Waals surface area contributed by atoms with Gasteiger partial charge in [-0.25, -0.2) is 17.8 Å². The van der Waals surface area contributed by atoms with Gasteiger partial charge in [0, 0.05) is 12.7 Å². The molecule has 0 radical (unpaired) electrons. The maximum Gasteiger partial charge on any atom is 0.409 e. The van der Waals surface area contributed by atoms with Crippen molar-refractivity contribution < 1.29 is 26.0 Å². The zero-order chi connectivity index (χ0) is 19.8. The van der Waals surface area contributed by atoms with Crippen LogP contribution in [0, 0.1) is 5.82 Å². The maximum atomic E-state index is 13.8. The molecule has 0 saturated carbocycles. The molecule has 0 N–H and O–H groups in total. The van der Waals surface area contributed by atoms with Crippen LogP contribution in [-0.2, 0) is 10.0 Å². The number of aromatic nitrogens is 2. The molecule has 3 rings (SSSR count). The second kappa shape index (κ2) is 6.93. The number of hydrogen-bond acceptors (Lipinski definition) is 3. The minimum Gasteiger partial charge on any atom is -0.289 e. The summed E-state index contributed by atoms with van der Waals surface area (Å²) in [5.74, 6) is -0.715. The molecule has 0 bridgehead atoms. The lowest BCUT2D eigenvalue weighted by atomic mass is 10.1. The summed E-state index contributed by atoms with van der Waals surface area (Å²) in [6.07, 6.45) is -2.48. The Labute approximate surface area is 152 Å². The Hall–Kier alpha value is -2.46. The number of alkyl halides is 3. The number of halogens is 4. The number of imidazole rings is 1. The highest BCUT2D eigenvalue weighted by Crippen LogP contribution is 2.40. The second-order valence-corrected chi connectivity index (χ2v) is 7.57. The zero-order valence-corrected chi connectivity index (χ0v) is 14.9. The van der Waals surface area contributed by atoms with Crippen molar-refractivity contribution in [2.24, 2.45) is 0 Å². The summed E-state index contributed by atoms with van der Waals surface area (Å²) in [7, 11) is -4.55. The SMILES string of the molecule is CCN(C(c1ccc(F)cc1)C(F)(F)F)S(=O)(=O)c1cnc2ccccn12. The van der Waals surface area contributed by atoms with Crippen molar-refractivity contribution in [1.29, 1.82) is 0 Å². The van der Waals surface area contributed by atoms with E-state index in [0.717, 1.165) is 30.5 Å². The predicted octanol–water partition coefficient (Wildman–Crippen LogP) is 3.79. The van der Waals surface area contributed by atoms with Crippen LogP contribution in [-0.4, -0.2) is 34.8 Å². The fraction of sp³-hybridized carbons (Fsp3) is 0.235. The summed E-state index contributed by atoms with van der Waals surface area (Å²) in [5.41, 5.74) is -0.0828. The number of rotatable bonds is 5. The average molecular weight is 401 g/mol. The summed E-state index contributed by atoms with van der Waals surface area (Å²) >= 11 is 0. The minimum absolute atomic E-state index is 0.289. The van der Waals surface area contributed by atoms with E-state index in [4.69, 9.17) is 0 Å². The van der Waals surface area contributed by atoms with E-state index < -0.39 is 34.6 Å². The second-order valence-electron chi connectivity index (χ2n) is 5.73. The normalized spacial score (nSPS) is 14.0. The summed E-state index contributed by atoms with van der Waals surface area (Å²) < 4.78 is 82.2. The number of nitrogens with zero attached hydrogens (tertiary/aromatic N) is 3. The van der Waals surface area contributed by atoms with E-state index in [1.807, 2.05) is 0 Å². The van der Waals surface area contributed by atoms with Gasteiger partial charge in [0.1, 0.15) is 17.5 Å². The number of hydrogen-bond donors (Lipinski definition) is 0. The van der Waals surface area contributed by atoms with Crippen molar-refractivity contribution in [3.63, 3.8) is 0 Å². The van der Waals surface area contributed by atoms with Crippen molar-refractivity contribution in [2.75, 3.05) is 6.54 Å². The van der Waals surface area contributed by atoms with Crippen molar-refractivity contribution in [2.45, 2.75) is 24.2 Å². The molecule has 0 spiro atoms. The average Bonchev–Trinajstić information content (AvgIpc) is 3.04. The van der Waals surface area contributed by atoms with Gasteiger partial charge in [0.2, 0.25) is 0 Å². The molecule has 1 atom stereocenters. The Morgan fingerprint density at radius 3 is 2.41 bits per heavy atom. The van der Waals surface area contributed by atoms with E-state index >= 15 is 0 Å². The molecule has 5 nitrogen and oxygen atoms in total. The molecule has 0 fully saturated rings. The monoisotopic (exact) mass is 401 g/mol. The summed E-state index contributed by atoms with van der Waals surface area (Å²) in [4.78, 5) is 3.93. The molecule has 0 aliphatic rings. The van der Waals surface area contributed by atoms with Gasteiger partial charge in [0.15, 0.2) is 5.03 Å². The standard InChI is InChI=1S/C17H15F4N3O2S/c1-2-24(16(17(19,20)21)12-6-8-13(18)9-7-12)27(25,26)15-11-22-14-5-3-4-10-23(14)15/h3-11,16H,2H2,1H3. The van der Waals surface area contributed by atoms with Crippen LogP contribution in [0.3, 0.4) is 0 Å². The van der Waals surface area contributed by atoms with Crippen LogP contribution in [0.5, 0.6) is 0 Å².